The maximum atomic E-state index is 6.11. The van der Waals surface area contributed by atoms with Gasteiger partial charge in [-0.15, -0.1) is 11.8 Å². The second kappa shape index (κ2) is 6.65. The Bertz CT molecular complexity index is 508. The maximum absolute atomic E-state index is 6.11. The summed E-state index contributed by atoms with van der Waals surface area (Å²) in [5.41, 5.74) is 0. The van der Waals surface area contributed by atoms with Gasteiger partial charge in [-0.05, 0) is 31.7 Å². The van der Waals surface area contributed by atoms with Crippen LogP contribution in [0.4, 0.5) is 0 Å². The van der Waals surface area contributed by atoms with Crippen molar-refractivity contribution in [1.29, 1.82) is 0 Å². The van der Waals surface area contributed by atoms with Crippen LogP contribution in [0.5, 0.6) is 0 Å². The molecule has 1 N–H and O–H groups in total. The van der Waals surface area contributed by atoms with Gasteiger partial charge in [0.1, 0.15) is 0 Å². The SMILES string of the molecule is CNC1CCC2(CC1Sc1ccc(Cl)c(Cl)c1)OCCO2. The van der Waals surface area contributed by atoms with Gasteiger partial charge in [0.05, 0.1) is 23.3 Å². The summed E-state index contributed by atoms with van der Waals surface area (Å²) in [5, 5.41) is 4.99. The van der Waals surface area contributed by atoms with Crippen LogP contribution in [0.1, 0.15) is 19.3 Å². The minimum atomic E-state index is -0.374. The fourth-order valence-electron chi connectivity index (χ4n) is 3.05. The van der Waals surface area contributed by atoms with Crippen LogP contribution in [0, 0.1) is 0 Å². The molecule has 2 fully saturated rings. The number of hydrogen-bond acceptors (Lipinski definition) is 4. The van der Waals surface area contributed by atoms with E-state index in [1.54, 1.807) is 0 Å². The fraction of sp³-hybridized carbons (Fsp3) is 0.600. The molecule has 0 bridgehead atoms. The first-order valence-electron chi connectivity index (χ1n) is 7.19. The van der Waals surface area contributed by atoms with Gasteiger partial charge in [-0.25, -0.2) is 0 Å². The van der Waals surface area contributed by atoms with Crippen molar-refractivity contribution < 1.29 is 9.47 Å². The second-order valence-electron chi connectivity index (χ2n) is 5.48. The van der Waals surface area contributed by atoms with Gasteiger partial charge >= 0.3 is 0 Å². The normalized spacial score (nSPS) is 28.1. The van der Waals surface area contributed by atoms with Crippen molar-refractivity contribution in [2.24, 2.45) is 0 Å². The average molecular weight is 348 g/mol. The van der Waals surface area contributed by atoms with Crippen molar-refractivity contribution in [3.63, 3.8) is 0 Å². The number of ether oxygens (including phenoxy) is 2. The number of benzene rings is 1. The van der Waals surface area contributed by atoms with Gasteiger partial charge in [0, 0.05) is 29.0 Å². The van der Waals surface area contributed by atoms with Gasteiger partial charge in [0.2, 0.25) is 0 Å². The van der Waals surface area contributed by atoms with E-state index in [1.165, 1.54) is 0 Å². The first kappa shape index (κ1) is 15.9. The van der Waals surface area contributed by atoms with Crippen LogP contribution in [0.2, 0.25) is 10.0 Å². The van der Waals surface area contributed by atoms with Crippen molar-refractivity contribution in [2.45, 2.75) is 41.2 Å². The Morgan fingerprint density at radius 1 is 1.24 bits per heavy atom. The Labute approximate surface area is 139 Å². The molecular formula is C15H19Cl2NO2S. The van der Waals surface area contributed by atoms with Crippen molar-refractivity contribution in [1.82, 2.24) is 5.32 Å². The predicted octanol–water partition coefficient (Wildman–Crippen LogP) is 3.97. The monoisotopic (exact) mass is 347 g/mol. The Morgan fingerprint density at radius 3 is 2.67 bits per heavy atom. The Balaban J connectivity index is 1.75. The number of halogens is 2. The molecule has 0 radical (unpaired) electrons. The zero-order chi connectivity index (χ0) is 14.9. The molecule has 1 heterocycles. The molecule has 1 aliphatic carbocycles. The molecule has 2 aliphatic rings. The molecule has 1 aromatic carbocycles. The van der Waals surface area contributed by atoms with Crippen LogP contribution in [0.3, 0.4) is 0 Å². The molecule has 21 heavy (non-hydrogen) atoms. The summed E-state index contributed by atoms with van der Waals surface area (Å²) in [7, 11) is 2.02. The lowest BCUT2D eigenvalue weighted by Gasteiger charge is -2.40. The summed E-state index contributed by atoms with van der Waals surface area (Å²) < 4.78 is 11.7. The highest BCUT2D eigenvalue weighted by Gasteiger charge is 2.45. The van der Waals surface area contributed by atoms with E-state index < -0.39 is 0 Å². The second-order valence-corrected chi connectivity index (χ2v) is 7.60. The molecule has 2 atom stereocenters. The highest BCUT2D eigenvalue weighted by atomic mass is 35.5. The highest BCUT2D eigenvalue weighted by molar-refractivity contribution is 8.00. The van der Waals surface area contributed by atoms with E-state index in [9.17, 15) is 0 Å². The number of nitrogens with one attached hydrogen (secondary N) is 1. The molecule has 3 rings (SSSR count). The summed E-state index contributed by atoms with van der Waals surface area (Å²) >= 11 is 13.9. The molecule has 0 aromatic heterocycles. The molecule has 1 saturated heterocycles. The molecule has 1 aromatic rings. The molecular weight excluding hydrogens is 329 g/mol. The standard InChI is InChI=1S/C15H19Cl2NO2S/c1-18-13-4-5-15(19-6-7-20-15)9-14(13)21-10-2-3-11(16)12(17)8-10/h2-3,8,13-14,18H,4-7,9H2,1H3. The van der Waals surface area contributed by atoms with E-state index >= 15 is 0 Å². The lowest BCUT2D eigenvalue weighted by Crippen LogP contribution is -2.48. The molecule has 116 valence electrons. The first-order valence-corrected chi connectivity index (χ1v) is 8.82. The summed E-state index contributed by atoms with van der Waals surface area (Å²) in [4.78, 5) is 1.13. The summed E-state index contributed by atoms with van der Waals surface area (Å²) in [6, 6.07) is 6.24. The van der Waals surface area contributed by atoms with Gasteiger partial charge < -0.3 is 14.8 Å². The van der Waals surface area contributed by atoms with Crippen molar-refractivity contribution in [2.75, 3.05) is 20.3 Å². The molecule has 6 heteroatoms. The van der Waals surface area contributed by atoms with E-state index in [-0.39, 0.29) is 5.79 Å². The van der Waals surface area contributed by atoms with Crippen LogP contribution < -0.4 is 5.32 Å². The van der Waals surface area contributed by atoms with Crippen LogP contribution in [-0.2, 0) is 9.47 Å². The van der Waals surface area contributed by atoms with Crippen molar-refractivity contribution >= 4 is 35.0 Å². The third-order valence-electron chi connectivity index (χ3n) is 4.16. The highest BCUT2D eigenvalue weighted by Crippen LogP contribution is 2.43. The summed E-state index contributed by atoms with van der Waals surface area (Å²) in [6.07, 6.45) is 2.90. The van der Waals surface area contributed by atoms with Gasteiger partial charge in [-0.3, -0.25) is 0 Å². The summed E-state index contributed by atoms with van der Waals surface area (Å²) in [6.45, 7) is 1.41. The van der Waals surface area contributed by atoms with E-state index in [2.05, 4.69) is 5.32 Å². The quantitative estimate of drug-likeness (QED) is 0.895. The molecule has 2 unspecified atom stereocenters. The van der Waals surface area contributed by atoms with Gasteiger partial charge in [-0.2, -0.15) is 0 Å². The van der Waals surface area contributed by atoms with Crippen LogP contribution in [-0.4, -0.2) is 37.3 Å². The van der Waals surface area contributed by atoms with Gasteiger partial charge in [0.15, 0.2) is 5.79 Å². The third-order valence-corrected chi connectivity index (χ3v) is 6.22. The van der Waals surface area contributed by atoms with Crippen LogP contribution in [0.15, 0.2) is 23.1 Å². The zero-order valence-corrected chi connectivity index (χ0v) is 14.2. The van der Waals surface area contributed by atoms with Gasteiger partial charge in [0.25, 0.3) is 0 Å². The topological polar surface area (TPSA) is 30.5 Å². The number of hydrogen-bond donors (Lipinski definition) is 1. The molecule has 3 nitrogen and oxygen atoms in total. The predicted molar refractivity (Wildman–Crippen MR) is 87.4 cm³/mol. The van der Waals surface area contributed by atoms with E-state index in [1.807, 2.05) is 37.0 Å². The van der Waals surface area contributed by atoms with Gasteiger partial charge in [-0.1, -0.05) is 23.2 Å². The average Bonchev–Trinajstić information content (AvgIpc) is 2.91. The van der Waals surface area contributed by atoms with Crippen molar-refractivity contribution in [3.8, 4) is 0 Å². The Morgan fingerprint density at radius 2 is 2.00 bits per heavy atom. The first-order chi connectivity index (χ1) is 10.1. The molecule has 1 aliphatic heterocycles. The Kier molecular flexibility index (Phi) is 5.04. The molecule has 0 amide bonds. The smallest absolute Gasteiger partial charge is 0.169 e. The minimum absolute atomic E-state index is 0.374. The van der Waals surface area contributed by atoms with E-state index in [4.69, 9.17) is 32.7 Å². The third kappa shape index (κ3) is 3.52. The lowest BCUT2D eigenvalue weighted by atomic mass is 9.89. The minimum Gasteiger partial charge on any atom is -0.347 e. The molecule has 1 spiro atoms. The Hall–Kier alpha value is 0.0300. The maximum Gasteiger partial charge on any atom is 0.169 e. The number of thioether (sulfide) groups is 1. The van der Waals surface area contributed by atoms with E-state index in [0.29, 0.717) is 34.6 Å². The summed E-state index contributed by atoms with van der Waals surface area (Å²) in [5.74, 6) is -0.374. The van der Waals surface area contributed by atoms with Crippen LogP contribution >= 0.6 is 35.0 Å². The van der Waals surface area contributed by atoms with Crippen LogP contribution in [0.25, 0.3) is 0 Å². The van der Waals surface area contributed by atoms with E-state index in [0.717, 1.165) is 24.2 Å². The lowest BCUT2D eigenvalue weighted by molar-refractivity contribution is -0.177. The number of rotatable bonds is 3. The molecule has 1 saturated carbocycles. The fourth-order valence-corrected chi connectivity index (χ4v) is 4.87. The zero-order valence-electron chi connectivity index (χ0n) is 11.9. The van der Waals surface area contributed by atoms with Crippen molar-refractivity contribution in [3.05, 3.63) is 28.2 Å². The largest absolute Gasteiger partial charge is 0.347 e.